The van der Waals surface area contributed by atoms with Gasteiger partial charge >= 0.3 is 0 Å². The first-order valence-corrected chi connectivity index (χ1v) is 9.61. The van der Waals surface area contributed by atoms with Crippen LogP contribution in [0.4, 0.5) is 0 Å². The van der Waals surface area contributed by atoms with Crippen LogP contribution in [0.3, 0.4) is 0 Å². The molecule has 0 aliphatic rings. The van der Waals surface area contributed by atoms with E-state index in [1.54, 1.807) is 11.0 Å². The number of rotatable bonds is 6. The molecule has 0 radical (unpaired) electrons. The van der Waals surface area contributed by atoms with Gasteiger partial charge in [0, 0.05) is 42.3 Å². The summed E-state index contributed by atoms with van der Waals surface area (Å²) < 4.78 is 2.17. The standard InChI is InChI=1S/C24H25N3O/c1-4-26(5-2)24(28)20(15-25)14-21-17-27(23-12-7-6-11-22(21)23)16-19-10-8-9-18(3)13-19/h6-14,17H,4-5,16H2,1-3H3/b20-14-. The molecule has 28 heavy (non-hydrogen) atoms. The highest BCUT2D eigenvalue weighted by molar-refractivity contribution is 6.04. The molecule has 3 rings (SSSR count). The number of benzene rings is 2. The van der Waals surface area contributed by atoms with Crippen LogP contribution in [-0.2, 0) is 11.3 Å². The van der Waals surface area contributed by atoms with Gasteiger partial charge in [0.05, 0.1) is 0 Å². The fourth-order valence-corrected chi connectivity index (χ4v) is 3.51. The van der Waals surface area contributed by atoms with Crippen LogP contribution >= 0.6 is 0 Å². The van der Waals surface area contributed by atoms with E-state index in [1.807, 2.05) is 38.2 Å². The van der Waals surface area contributed by atoms with Crippen LogP contribution in [-0.4, -0.2) is 28.5 Å². The van der Waals surface area contributed by atoms with Crippen molar-refractivity contribution in [2.24, 2.45) is 0 Å². The van der Waals surface area contributed by atoms with Gasteiger partial charge in [0.1, 0.15) is 11.6 Å². The molecule has 3 aromatic rings. The van der Waals surface area contributed by atoms with Crippen LogP contribution in [0.5, 0.6) is 0 Å². The van der Waals surface area contributed by atoms with E-state index in [0.29, 0.717) is 13.1 Å². The predicted molar refractivity (Wildman–Crippen MR) is 114 cm³/mol. The van der Waals surface area contributed by atoms with Gasteiger partial charge in [0.15, 0.2) is 0 Å². The van der Waals surface area contributed by atoms with Crippen molar-refractivity contribution in [3.63, 3.8) is 0 Å². The lowest BCUT2D eigenvalue weighted by Gasteiger charge is -2.17. The number of carbonyl (C=O) groups excluding carboxylic acids is 1. The lowest BCUT2D eigenvalue weighted by atomic mass is 10.1. The lowest BCUT2D eigenvalue weighted by Crippen LogP contribution is -2.31. The van der Waals surface area contributed by atoms with Gasteiger partial charge in [-0.15, -0.1) is 0 Å². The molecule has 0 saturated carbocycles. The zero-order valence-corrected chi connectivity index (χ0v) is 16.6. The van der Waals surface area contributed by atoms with E-state index < -0.39 is 0 Å². The first-order chi connectivity index (χ1) is 13.6. The van der Waals surface area contributed by atoms with Crippen molar-refractivity contribution in [1.29, 1.82) is 5.26 Å². The maximum Gasteiger partial charge on any atom is 0.264 e. The topological polar surface area (TPSA) is 49.0 Å². The van der Waals surface area contributed by atoms with E-state index in [1.165, 1.54) is 11.1 Å². The molecule has 0 N–H and O–H groups in total. The minimum Gasteiger partial charge on any atom is -0.342 e. The number of para-hydroxylation sites is 1. The molecular weight excluding hydrogens is 346 g/mol. The Kier molecular flexibility index (Phi) is 5.96. The molecule has 0 fully saturated rings. The number of likely N-dealkylation sites (N-methyl/N-ethyl adjacent to an activating group) is 1. The third-order valence-electron chi connectivity index (χ3n) is 4.96. The van der Waals surface area contributed by atoms with E-state index in [9.17, 15) is 10.1 Å². The molecule has 1 aromatic heterocycles. The third kappa shape index (κ3) is 3.99. The summed E-state index contributed by atoms with van der Waals surface area (Å²) in [5.41, 5.74) is 4.59. The Morgan fingerprint density at radius 1 is 1.14 bits per heavy atom. The Morgan fingerprint density at radius 3 is 2.57 bits per heavy atom. The van der Waals surface area contributed by atoms with Gasteiger partial charge in [0.25, 0.3) is 5.91 Å². The van der Waals surface area contributed by atoms with Gasteiger partial charge in [0.2, 0.25) is 0 Å². The minimum absolute atomic E-state index is 0.169. The fraction of sp³-hybridized carbons (Fsp3) is 0.250. The monoisotopic (exact) mass is 371 g/mol. The zero-order valence-electron chi connectivity index (χ0n) is 16.6. The molecule has 0 aliphatic carbocycles. The summed E-state index contributed by atoms with van der Waals surface area (Å²) in [6.07, 6.45) is 3.75. The second-order valence-corrected chi connectivity index (χ2v) is 6.87. The fourth-order valence-electron chi connectivity index (χ4n) is 3.51. The highest BCUT2D eigenvalue weighted by atomic mass is 16.2. The van der Waals surface area contributed by atoms with Gasteiger partial charge in [-0.25, -0.2) is 0 Å². The number of nitrogens with zero attached hydrogens (tertiary/aromatic N) is 3. The first kappa shape index (κ1) is 19.4. The number of amides is 1. The number of carbonyl (C=O) groups is 1. The van der Waals surface area contributed by atoms with Crippen LogP contribution in [0, 0.1) is 18.3 Å². The van der Waals surface area contributed by atoms with E-state index in [-0.39, 0.29) is 11.5 Å². The van der Waals surface area contributed by atoms with Crippen molar-refractivity contribution in [2.75, 3.05) is 13.1 Å². The molecule has 0 spiro atoms. The van der Waals surface area contributed by atoms with Crippen LogP contribution in [0.1, 0.15) is 30.5 Å². The van der Waals surface area contributed by atoms with E-state index >= 15 is 0 Å². The van der Waals surface area contributed by atoms with Crippen molar-refractivity contribution in [2.45, 2.75) is 27.3 Å². The third-order valence-corrected chi connectivity index (χ3v) is 4.96. The summed E-state index contributed by atoms with van der Waals surface area (Å²) in [7, 11) is 0. The number of hydrogen-bond acceptors (Lipinski definition) is 2. The van der Waals surface area contributed by atoms with Crippen LogP contribution in [0.25, 0.3) is 17.0 Å². The van der Waals surface area contributed by atoms with Crippen LogP contribution in [0.2, 0.25) is 0 Å². The van der Waals surface area contributed by atoms with Crippen LogP contribution < -0.4 is 0 Å². The molecule has 1 heterocycles. The summed E-state index contributed by atoms with van der Waals surface area (Å²) in [6, 6.07) is 18.6. The Labute approximate surface area is 166 Å². The molecule has 2 aromatic carbocycles. The quantitative estimate of drug-likeness (QED) is 0.463. The summed E-state index contributed by atoms with van der Waals surface area (Å²) >= 11 is 0. The molecule has 0 bridgehead atoms. The average molecular weight is 371 g/mol. The Balaban J connectivity index is 2.04. The maximum atomic E-state index is 12.6. The summed E-state index contributed by atoms with van der Waals surface area (Å²) in [5.74, 6) is -0.219. The van der Waals surface area contributed by atoms with Gasteiger partial charge in [-0.1, -0.05) is 48.0 Å². The summed E-state index contributed by atoms with van der Waals surface area (Å²) in [6.45, 7) is 7.84. The van der Waals surface area contributed by atoms with Gasteiger partial charge in [-0.3, -0.25) is 4.79 Å². The molecule has 0 unspecified atom stereocenters. The first-order valence-electron chi connectivity index (χ1n) is 9.61. The molecular formula is C24H25N3O. The molecule has 142 valence electrons. The number of hydrogen-bond donors (Lipinski definition) is 0. The molecule has 4 heteroatoms. The Bertz CT molecular complexity index is 1060. The van der Waals surface area contributed by atoms with Gasteiger partial charge < -0.3 is 9.47 Å². The van der Waals surface area contributed by atoms with Gasteiger partial charge in [-0.2, -0.15) is 5.26 Å². The smallest absolute Gasteiger partial charge is 0.264 e. The van der Waals surface area contributed by atoms with Crippen molar-refractivity contribution >= 4 is 22.9 Å². The number of aryl methyl sites for hydroxylation is 1. The molecule has 1 amide bonds. The lowest BCUT2D eigenvalue weighted by molar-refractivity contribution is -0.126. The molecule has 0 atom stereocenters. The van der Waals surface area contributed by atoms with Crippen molar-refractivity contribution in [3.8, 4) is 6.07 Å². The largest absolute Gasteiger partial charge is 0.342 e. The van der Waals surface area contributed by atoms with Gasteiger partial charge in [-0.05, 0) is 38.5 Å². The van der Waals surface area contributed by atoms with Crippen molar-refractivity contribution < 1.29 is 4.79 Å². The normalized spacial score (nSPS) is 11.4. The van der Waals surface area contributed by atoms with Crippen molar-refractivity contribution in [1.82, 2.24) is 9.47 Å². The minimum atomic E-state index is -0.219. The SMILES string of the molecule is CCN(CC)C(=O)/C(C#N)=C\c1cn(Cc2cccc(C)c2)c2ccccc12. The van der Waals surface area contributed by atoms with Crippen LogP contribution in [0.15, 0.2) is 60.3 Å². The second kappa shape index (κ2) is 8.58. The molecule has 0 aliphatic heterocycles. The predicted octanol–water partition coefficient (Wildman–Crippen LogP) is 4.77. The second-order valence-electron chi connectivity index (χ2n) is 6.87. The zero-order chi connectivity index (χ0) is 20.1. The average Bonchev–Trinajstić information content (AvgIpc) is 3.04. The highest BCUT2D eigenvalue weighted by Gasteiger charge is 2.16. The highest BCUT2D eigenvalue weighted by Crippen LogP contribution is 2.25. The number of nitriles is 1. The van der Waals surface area contributed by atoms with E-state index in [4.69, 9.17) is 0 Å². The van der Waals surface area contributed by atoms with E-state index in [0.717, 1.165) is 23.0 Å². The Morgan fingerprint density at radius 2 is 1.89 bits per heavy atom. The van der Waals surface area contributed by atoms with E-state index in [2.05, 4.69) is 47.9 Å². The maximum absolute atomic E-state index is 12.6. The summed E-state index contributed by atoms with van der Waals surface area (Å²) in [4.78, 5) is 14.3. The van der Waals surface area contributed by atoms with Crippen molar-refractivity contribution in [3.05, 3.63) is 77.0 Å². The number of aromatic nitrogens is 1. The Hall–Kier alpha value is -3.32. The molecule has 4 nitrogen and oxygen atoms in total. The number of fused-ring (bicyclic) bond motifs is 1. The summed E-state index contributed by atoms with van der Waals surface area (Å²) in [5, 5.41) is 10.6. The molecule has 0 saturated heterocycles.